The van der Waals surface area contributed by atoms with Crippen LogP contribution < -0.4 is 5.32 Å². The van der Waals surface area contributed by atoms with Gasteiger partial charge in [0.15, 0.2) is 5.13 Å². The van der Waals surface area contributed by atoms with Gasteiger partial charge in [0.25, 0.3) is 5.91 Å². The summed E-state index contributed by atoms with van der Waals surface area (Å²) in [6.45, 7) is 0. The smallest absolute Gasteiger partial charge is 0.267 e. The fraction of sp³-hybridized carbons (Fsp3) is 0.176. The van der Waals surface area contributed by atoms with Crippen molar-refractivity contribution >= 4 is 33.7 Å². The lowest BCUT2D eigenvalue weighted by Crippen LogP contribution is -2.11. The fourth-order valence-corrected chi connectivity index (χ4v) is 4.05. The van der Waals surface area contributed by atoms with Crippen LogP contribution in [0.25, 0.3) is 11.3 Å². The molecule has 0 bridgehead atoms. The van der Waals surface area contributed by atoms with E-state index in [1.54, 1.807) is 12.1 Å². The first kappa shape index (κ1) is 14.5. The van der Waals surface area contributed by atoms with Crippen LogP contribution in [0.4, 0.5) is 9.52 Å². The Morgan fingerprint density at radius 1 is 1.17 bits per heavy atom. The van der Waals surface area contributed by atoms with E-state index in [9.17, 15) is 9.18 Å². The highest BCUT2D eigenvalue weighted by atomic mass is 32.1. The molecule has 0 saturated heterocycles. The first-order chi connectivity index (χ1) is 11.2. The van der Waals surface area contributed by atoms with Gasteiger partial charge in [0, 0.05) is 10.9 Å². The number of amides is 1. The summed E-state index contributed by atoms with van der Waals surface area (Å²) in [6, 6.07) is 8.21. The summed E-state index contributed by atoms with van der Waals surface area (Å²) < 4.78 is 13.0. The molecule has 0 unspecified atom stereocenters. The van der Waals surface area contributed by atoms with Gasteiger partial charge in [-0.1, -0.05) is 0 Å². The van der Waals surface area contributed by atoms with E-state index in [2.05, 4.69) is 10.3 Å². The van der Waals surface area contributed by atoms with Crippen molar-refractivity contribution in [2.24, 2.45) is 0 Å². The van der Waals surface area contributed by atoms with Crippen LogP contribution in [0.5, 0.6) is 0 Å². The molecule has 1 aliphatic carbocycles. The number of nitrogens with zero attached hydrogens (tertiary/aromatic N) is 1. The molecule has 116 valence electrons. The van der Waals surface area contributed by atoms with Crippen molar-refractivity contribution in [1.29, 1.82) is 0 Å². The number of halogens is 1. The number of benzene rings is 1. The number of hydrogen-bond donors (Lipinski definition) is 1. The standard InChI is InChI=1S/C17H13FN2OS2/c18-12-5-3-11(4-6-12)14-9-23-17(19-14)20-16(21)15-13(7-8-22-15)10-1-2-10/h3-10H,1-2H2,(H,19,20,21). The van der Waals surface area contributed by atoms with Crippen LogP contribution in [0, 0.1) is 5.82 Å². The van der Waals surface area contributed by atoms with Gasteiger partial charge in [-0.3, -0.25) is 10.1 Å². The highest BCUT2D eigenvalue weighted by molar-refractivity contribution is 7.14. The molecular formula is C17H13FN2OS2. The molecule has 2 aromatic heterocycles. The highest BCUT2D eigenvalue weighted by Crippen LogP contribution is 2.43. The second-order valence-electron chi connectivity index (χ2n) is 5.48. The molecule has 0 atom stereocenters. The van der Waals surface area contributed by atoms with Gasteiger partial charge in [0.05, 0.1) is 10.6 Å². The van der Waals surface area contributed by atoms with Crippen molar-refractivity contribution in [2.75, 3.05) is 5.32 Å². The van der Waals surface area contributed by atoms with Crippen LogP contribution in [0.2, 0.25) is 0 Å². The van der Waals surface area contributed by atoms with Crippen molar-refractivity contribution in [3.8, 4) is 11.3 Å². The Morgan fingerprint density at radius 3 is 2.70 bits per heavy atom. The van der Waals surface area contributed by atoms with Crippen LogP contribution in [0.1, 0.15) is 34.0 Å². The molecule has 23 heavy (non-hydrogen) atoms. The lowest BCUT2D eigenvalue weighted by molar-refractivity contribution is 0.102. The number of nitrogens with one attached hydrogen (secondary N) is 1. The molecule has 3 nitrogen and oxygen atoms in total. The number of aromatic nitrogens is 1. The van der Waals surface area contributed by atoms with Gasteiger partial charge >= 0.3 is 0 Å². The summed E-state index contributed by atoms with van der Waals surface area (Å²) in [4.78, 5) is 17.6. The second-order valence-corrected chi connectivity index (χ2v) is 7.25. The predicted molar refractivity (Wildman–Crippen MR) is 91.8 cm³/mol. The number of carbonyl (C=O) groups excluding carboxylic acids is 1. The number of thiophene rings is 1. The molecule has 1 aromatic carbocycles. The first-order valence-electron chi connectivity index (χ1n) is 7.31. The average molecular weight is 344 g/mol. The summed E-state index contributed by atoms with van der Waals surface area (Å²) in [5, 5.41) is 7.26. The van der Waals surface area contributed by atoms with Crippen LogP contribution in [-0.2, 0) is 0 Å². The SMILES string of the molecule is O=C(Nc1nc(-c2ccc(F)cc2)cs1)c1sccc1C1CC1. The van der Waals surface area contributed by atoms with E-state index in [-0.39, 0.29) is 11.7 Å². The van der Waals surface area contributed by atoms with Crippen molar-refractivity contribution in [3.05, 3.63) is 57.3 Å². The lowest BCUT2D eigenvalue weighted by Gasteiger charge is -2.02. The normalized spacial score (nSPS) is 14.0. The third-order valence-corrected chi connectivity index (χ3v) is 5.47. The van der Waals surface area contributed by atoms with Gasteiger partial charge in [0.1, 0.15) is 5.82 Å². The molecule has 1 amide bonds. The zero-order chi connectivity index (χ0) is 15.8. The molecule has 3 aromatic rings. The number of carbonyl (C=O) groups is 1. The summed E-state index contributed by atoms with van der Waals surface area (Å²) in [6.07, 6.45) is 2.34. The predicted octanol–water partition coefficient (Wildman–Crippen LogP) is 5.14. The summed E-state index contributed by atoms with van der Waals surface area (Å²) in [5.41, 5.74) is 2.72. The Bertz CT molecular complexity index is 850. The van der Waals surface area contributed by atoms with E-state index in [1.165, 1.54) is 47.6 Å². The molecule has 6 heteroatoms. The van der Waals surface area contributed by atoms with Gasteiger partial charge in [0.2, 0.25) is 0 Å². The van der Waals surface area contributed by atoms with Crippen molar-refractivity contribution < 1.29 is 9.18 Å². The number of hydrogen-bond acceptors (Lipinski definition) is 4. The van der Waals surface area contributed by atoms with Gasteiger partial charge in [-0.05, 0) is 60.0 Å². The molecule has 0 spiro atoms. The van der Waals surface area contributed by atoms with Gasteiger partial charge in [-0.15, -0.1) is 22.7 Å². The maximum atomic E-state index is 13.0. The largest absolute Gasteiger partial charge is 0.297 e. The Kier molecular flexibility index (Phi) is 3.71. The highest BCUT2D eigenvalue weighted by Gasteiger charge is 2.29. The zero-order valence-electron chi connectivity index (χ0n) is 12.1. The molecule has 0 aliphatic heterocycles. The molecule has 1 N–H and O–H groups in total. The minimum Gasteiger partial charge on any atom is -0.297 e. The number of rotatable bonds is 4. The third-order valence-electron chi connectivity index (χ3n) is 3.78. The van der Waals surface area contributed by atoms with Crippen LogP contribution >= 0.6 is 22.7 Å². The van der Waals surface area contributed by atoms with E-state index in [1.807, 2.05) is 16.8 Å². The number of anilines is 1. The monoisotopic (exact) mass is 344 g/mol. The van der Waals surface area contributed by atoms with E-state index < -0.39 is 0 Å². The average Bonchev–Trinajstić information content (AvgIpc) is 3.09. The Hall–Kier alpha value is -2.05. The third kappa shape index (κ3) is 3.04. The lowest BCUT2D eigenvalue weighted by atomic mass is 10.1. The second kappa shape index (κ2) is 5.86. The first-order valence-corrected chi connectivity index (χ1v) is 9.07. The molecular weight excluding hydrogens is 331 g/mol. The van der Waals surface area contributed by atoms with Crippen LogP contribution in [0.15, 0.2) is 41.1 Å². The topological polar surface area (TPSA) is 42.0 Å². The van der Waals surface area contributed by atoms with E-state index in [0.717, 1.165) is 21.7 Å². The van der Waals surface area contributed by atoms with E-state index in [4.69, 9.17) is 0 Å². The minimum absolute atomic E-state index is 0.0955. The summed E-state index contributed by atoms with van der Waals surface area (Å²) >= 11 is 2.85. The molecule has 0 radical (unpaired) electrons. The molecule has 1 fully saturated rings. The summed E-state index contributed by atoms with van der Waals surface area (Å²) in [5.74, 6) is 0.179. The quantitative estimate of drug-likeness (QED) is 0.712. The molecule has 2 heterocycles. The van der Waals surface area contributed by atoms with Crippen molar-refractivity contribution in [3.63, 3.8) is 0 Å². The maximum absolute atomic E-state index is 13.0. The zero-order valence-corrected chi connectivity index (χ0v) is 13.7. The maximum Gasteiger partial charge on any atom is 0.267 e. The Morgan fingerprint density at radius 2 is 1.96 bits per heavy atom. The molecule has 4 rings (SSSR count). The molecule has 1 saturated carbocycles. The van der Waals surface area contributed by atoms with Gasteiger partial charge < -0.3 is 0 Å². The fourth-order valence-electron chi connectivity index (χ4n) is 2.46. The Balaban J connectivity index is 1.52. The summed E-state index contributed by atoms with van der Waals surface area (Å²) in [7, 11) is 0. The van der Waals surface area contributed by atoms with E-state index in [0.29, 0.717) is 11.0 Å². The molecule has 1 aliphatic rings. The van der Waals surface area contributed by atoms with Crippen molar-refractivity contribution in [1.82, 2.24) is 4.98 Å². The van der Waals surface area contributed by atoms with Gasteiger partial charge in [-0.25, -0.2) is 9.37 Å². The minimum atomic E-state index is -0.275. The number of thiazole rings is 1. The van der Waals surface area contributed by atoms with Crippen LogP contribution in [-0.4, -0.2) is 10.9 Å². The Labute approximate surface area is 140 Å². The van der Waals surface area contributed by atoms with Gasteiger partial charge in [-0.2, -0.15) is 0 Å². The van der Waals surface area contributed by atoms with Crippen LogP contribution in [0.3, 0.4) is 0 Å². The van der Waals surface area contributed by atoms with Crippen molar-refractivity contribution in [2.45, 2.75) is 18.8 Å². The van der Waals surface area contributed by atoms with E-state index >= 15 is 0 Å².